The second kappa shape index (κ2) is 9.91. The first-order valence-corrected chi connectivity index (χ1v) is 9.74. The summed E-state index contributed by atoms with van der Waals surface area (Å²) in [5.41, 5.74) is 1.74. The van der Waals surface area contributed by atoms with Crippen molar-refractivity contribution in [2.75, 3.05) is 24.7 Å². The number of carbonyl (C=O) groups excluding carboxylic acids is 1. The van der Waals surface area contributed by atoms with Crippen molar-refractivity contribution in [2.24, 2.45) is 10.9 Å². The summed E-state index contributed by atoms with van der Waals surface area (Å²) in [6, 6.07) is 2.39. The Kier molecular flexibility index (Phi) is 7.88. The summed E-state index contributed by atoms with van der Waals surface area (Å²) in [5, 5.41) is 2.49. The van der Waals surface area contributed by atoms with E-state index in [-0.39, 0.29) is 11.7 Å². The molecule has 2 rings (SSSR count). The molecule has 0 aromatic carbocycles. The van der Waals surface area contributed by atoms with Crippen LogP contribution in [0.4, 0.5) is 11.5 Å². The molecule has 6 heteroatoms. The van der Waals surface area contributed by atoms with E-state index in [1.165, 1.54) is 0 Å². The van der Waals surface area contributed by atoms with Crippen LogP contribution in [-0.4, -0.2) is 41.7 Å². The lowest BCUT2D eigenvalue weighted by Gasteiger charge is -2.37. The van der Waals surface area contributed by atoms with Crippen LogP contribution in [0.1, 0.15) is 58.4 Å². The number of rotatable bonds is 8. The molecule has 1 aliphatic rings. The molecule has 26 heavy (non-hydrogen) atoms. The Hall–Kier alpha value is -1.62. The maximum atomic E-state index is 11.4. The Labute approximate surface area is 161 Å². The van der Waals surface area contributed by atoms with E-state index in [2.05, 4.69) is 28.9 Å². The number of nitrogens with zero attached hydrogens (tertiary/aromatic N) is 3. The van der Waals surface area contributed by atoms with Gasteiger partial charge in [-0.2, -0.15) is 4.99 Å². The number of carbonyl (C=O) groups is 1. The summed E-state index contributed by atoms with van der Waals surface area (Å²) < 4.78 is 5.52. The number of ketones is 1. The van der Waals surface area contributed by atoms with Crippen molar-refractivity contribution in [2.45, 2.75) is 58.9 Å². The van der Waals surface area contributed by atoms with E-state index >= 15 is 0 Å². The topological polar surface area (TPSA) is 54.8 Å². The summed E-state index contributed by atoms with van der Waals surface area (Å²) in [6.45, 7) is 10.5. The number of hydrogen-bond donors (Lipinski definition) is 0. The van der Waals surface area contributed by atoms with Gasteiger partial charge in [-0.05, 0) is 55.4 Å². The van der Waals surface area contributed by atoms with Gasteiger partial charge in [0.25, 0.3) is 0 Å². The van der Waals surface area contributed by atoms with Gasteiger partial charge in [0.2, 0.25) is 0 Å². The number of ether oxygens (including phenoxy) is 1. The zero-order valence-electron chi connectivity index (χ0n) is 16.2. The van der Waals surface area contributed by atoms with Crippen LogP contribution in [0, 0.1) is 5.92 Å². The molecule has 2 heterocycles. The maximum Gasteiger partial charge on any atom is 0.155 e. The molecule has 0 N–H and O–H groups in total. The van der Waals surface area contributed by atoms with Crippen molar-refractivity contribution in [3.8, 4) is 0 Å². The first kappa shape index (κ1) is 20.7. The molecule has 0 radical (unpaired) electrons. The third-order valence-corrected chi connectivity index (χ3v) is 4.75. The zero-order chi connectivity index (χ0) is 19.1. The number of thiocarbonyl (C=S) groups is 1. The van der Waals surface area contributed by atoms with E-state index in [1.807, 2.05) is 19.2 Å². The van der Waals surface area contributed by atoms with E-state index in [0.29, 0.717) is 18.4 Å². The van der Waals surface area contributed by atoms with E-state index in [9.17, 15) is 4.79 Å². The first-order chi connectivity index (χ1) is 12.4. The number of aliphatic imine (C=N–C) groups is 1. The Morgan fingerprint density at radius 1 is 1.42 bits per heavy atom. The first-order valence-electron chi connectivity index (χ1n) is 9.34. The van der Waals surface area contributed by atoms with E-state index in [1.54, 1.807) is 6.92 Å². The molecule has 0 aliphatic carbocycles. The lowest BCUT2D eigenvalue weighted by molar-refractivity contribution is -0.117. The molecule has 0 bridgehead atoms. The van der Waals surface area contributed by atoms with Gasteiger partial charge in [-0.1, -0.05) is 20.8 Å². The molecule has 1 fully saturated rings. The molecule has 0 spiro atoms. The van der Waals surface area contributed by atoms with Crippen molar-refractivity contribution in [1.29, 1.82) is 0 Å². The average Bonchev–Trinajstić information content (AvgIpc) is 2.60. The third kappa shape index (κ3) is 5.70. The van der Waals surface area contributed by atoms with Gasteiger partial charge < -0.3 is 14.4 Å². The van der Waals surface area contributed by atoms with Gasteiger partial charge in [-0.15, -0.1) is 0 Å². The van der Waals surface area contributed by atoms with Crippen molar-refractivity contribution in [3.63, 3.8) is 0 Å². The molecule has 1 atom stereocenters. The molecule has 1 aromatic rings. The molecular weight excluding hydrogens is 346 g/mol. The van der Waals surface area contributed by atoms with E-state index in [4.69, 9.17) is 21.9 Å². The standard InChI is InChI=1S/C20H29N3O2S/c1-14(2)12-23(18-5-7-25-8-6-18)20-19(22-13-26)10-17(11-21-20)15(3)9-16(4)24/h10-11,14-15,18H,5-9,12H2,1-4H3/t15-/m1/s1. The van der Waals surface area contributed by atoms with Gasteiger partial charge in [-0.3, -0.25) is 0 Å². The number of anilines is 1. The summed E-state index contributed by atoms with van der Waals surface area (Å²) in [6.07, 6.45) is 4.34. The SMILES string of the molecule is CC(=O)C[C@@H](C)c1cnc(N(CC(C)C)C2CCOCC2)c(N=C=S)c1. The fraction of sp³-hybridized carbons (Fsp3) is 0.650. The summed E-state index contributed by atoms with van der Waals surface area (Å²) in [7, 11) is 0. The van der Waals surface area contributed by atoms with Crippen molar-refractivity contribution >= 4 is 34.7 Å². The number of aromatic nitrogens is 1. The van der Waals surface area contributed by atoms with Crippen molar-refractivity contribution in [3.05, 3.63) is 17.8 Å². The quantitative estimate of drug-likeness (QED) is 0.493. The highest BCUT2D eigenvalue weighted by Crippen LogP contribution is 2.34. The maximum absolute atomic E-state index is 11.4. The Balaban J connectivity index is 2.39. The average molecular weight is 376 g/mol. The smallest absolute Gasteiger partial charge is 0.155 e. The number of isothiocyanates is 1. The molecule has 1 aromatic heterocycles. The molecule has 5 nitrogen and oxygen atoms in total. The van der Waals surface area contributed by atoms with Crippen molar-refractivity contribution in [1.82, 2.24) is 4.98 Å². The van der Waals surface area contributed by atoms with Crippen LogP contribution in [0.2, 0.25) is 0 Å². The number of Topliss-reactive ketones (excluding diaryl/α,β-unsaturated/α-hetero) is 1. The van der Waals surface area contributed by atoms with Crippen LogP contribution in [0.5, 0.6) is 0 Å². The molecule has 1 aliphatic heterocycles. The highest BCUT2D eigenvalue weighted by Gasteiger charge is 2.26. The normalized spacial score (nSPS) is 16.2. The zero-order valence-corrected chi connectivity index (χ0v) is 17.0. The summed E-state index contributed by atoms with van der Waals surface area (Å²) >= 11 is 4.87. The van der Waals surface area contributed by atoms with Gasteiger partial charge in [0.05, 0.1) is 5.16 Å². The molecule has 142 valence electrons. The highest BCUT2D eigenvalue weighted by molar-refractivity contribution is 7.78. The predicted molar refractivity (Wildman–Crippen MR) is 109 cm³/mol. The number of hydrogen-bond acceptors (Lipinski definition) is 6. The van der Waals surface area contributed by atoms with Crippen LogP contribution in [0.15, 0.2) is 17.3 Å². The van der Waals surface area contributed by atoms with Crippen LogP contribution < -0.4 is 4.90 Å². The monoisotopic (exact) mass is 375 g/mol. The second-order valence-corrected chi connectivity index (χ2v) is 7.69. The largest absolute Gasteiger partial charge is 0.381 e. The lowest BCUT2D eigenvalue weighted by atomic mass is 9.97. The minimum absolute atomic E-state index is 0.106. The second-order valence-electron chi connectivity index (χ2n) is 7.51. The fourth-order valence-electron chi connectivity index (χ4n) is 3.43. The van der Waals surface area contributed by atoms with Gasteiger partial charge in [-0.25, -0.2) is 4.98 Å². The molecule has 1 saturated heterocycles. The van der Waals surface area contributed by atoms with Crippen LogP contribution in [-0.2, 0) is 9.53 Å². The van der Waals surface area contributed by atoms with Gasteiger partial charge in [0.1, 0.15) is 11.5 Å². The molecule has 0 unspecified atom stereocenters. The lowest BCUT2D eigenvalue weighted by Crippen LogP contribution is -2.42. The van der Waals surface area contributed by atoms with Gasteiger partial charge in [0, 0.05) is 38.4 Å². The number of pyridine rings is 1. The van der Waals surface area contributed by atoms with Crippen LogP contribution >= 0.6 is 12.2 Å². The fourth-order valence-corrected chi connectivity index (χ4v) is 3.53. The molecule has 0 saturated carbocycles. The van der Waals surface area contributed by atoms with E-state index in [0.717, 1.165) is 49.7 Å². The van der Waals surface area contributed by atoms with Crippen molar-refractivity contribution < 1.29 is 9.53 Å². The minimum Gasteiger partial charge on any atom is -0.381 e. The third-order valence-electron chi connectivity index (χ3n) is 4.66. The van der Waals surface area contributed by atoms with Crippen LogP contribution in [0.3, 0.4) is 0 Å². The minimum atomic E-state index is 0.106. The Morgan fingerprint density at radius 2 is 2.12 bits per heavy atom. The Bertz CT molecular complexity index is 665. The summed E-state index contributed by atoms with van der Waals surface area (Å²) in [4.78, 5) is 22.8. The predicted octanol–water partition coefficient (Wildman–Crippen LogP) is 4.54. The van der Waals surface area contributed by atoms with Gasteiger partial charge in [0.15, 0.2) is 5.82 Å². The van der Waals surface area contributed by atoms with E-state index < -0.39 is 0 Å². The Morgan fingerprint density at radius 3 is 2.69 bits per heavy atom. The molecule has 0 amide bonds. The molecular formula is C20H29N3O2S. The van der Waals surface area contributed by atoms with Gasteiger partial charge >= 0.3 is 0 Å². The highest BCUT2D eigenvalue weighted by atomic mass is 32.1. The summed E-state index contributed by atoms with van der Waals surface area (Å²) in [5.74, 6) is 1.63. The van der Waals surface area contributed by atoms with Crippen LogP contribution in [0.25, 0.3) is 0 Å².